The standard InChI is InChI=1S/C18H21N3O3/c1-12-10-16(21-24-12)20-18(23)14-7-5-6-13(11-14)17(22)19-15-8-3-2-4-9-15/h5-7,10-11,15H,2-4,8-9H2,1H3,(H,19,22)(H,20,21,23). The molecule has 1 aromatic heterocycles. The van der Waals surface area contributed by atoms with Crippen molar-refractivity contribution in [3.8, 4) is 0 Å². The molecule has 126 valence electrons. The number of aromatic nitrogens is 1. The average Bonchev–Trinajstić information content (AvgIpc) is 3.00. The van der Waals surface area contributed by atoms with Crippen LogP contribution >= 0.6 is 0 Å². The van der Waals surface area contributed by atoms with E-state index in [-0.39, 0.29) is 17.9 Å². The summed E-state index contributed by atoms with van der Waals surface area (Å²) in [6, 6.07) is 8.56. The van der Waals surface area contributed by atoms with Crippen LogP contribution in [0.4, 0.5) is 5.82 Å². The molecule has 24 heavy (non-hydrogen) atoms. The van der Waals surface area contributed by atoms with Gasteiger partial charge in [-0.3, -0.25) is 9.59 Å². The minimum atomic E-state index is -0.324. The van der Waals surface area contributed by atoms with E-state index >= 15 is 0 Å². The van der Waals surface area contributed by atoms with Gasteiger partial charge in [-0.1, -0.05) is 30.5 Å². The summed E-state index contributed by atoms with van der Waals surface area (Å²) in [5, 5.41) is 9.44. The molecule has 0 unspecified atom stereocenters. The number of nitrogens with zero attached hydrogens (tertiary/aromatic N) is 1. The highest BCUT2D eigenvalue weighted by molar-refractivity contribution is 6.05. The summed E-state index contributed by atoms with van der Waals surface area (Å²) in [6.45, 7) is 1.75. The van der Waals surface area contributed by atoms with Crippen molar-refractivity contribution in [2.75, 3.05) is 5.32 Å². The molecule has 0 bridgehead atoms. The highest BCUT2D eigenvalue weighted by Gasteiger charge is 2.17. The van der Waals surface area contributed by atoms with Crippen molar-refractivity contribution in [2.24, 2.45) is 0 Å². The zero-order chi connectivity index (χ0) is 16.9. The molecule has 1 aliphatic carbocycles. The molecule has 0 atom stereocenters. The fraction of sp³-hybridized carbons (Fsp3) is 0.389. The SMILES string of the molecule is Cc1cc(NC(=O)c2cccc(C(=O)NC3CCCCC3)c2)no1. The van der Waals surface area contributed by atoms with Crippen LogP contribution in [0, 0.1) is 6.92 Å². The molecule has 1 saturated carbocycles. The Bertz CT molecular complexity index is 733. The molecule has 6 nitrogen and oxygen atoms in total. The first-order valence-electron chi connectivity index (χ1n) is 8.27. The molecule has 0 saturated heterocycles. The number of rotatable bonds is 4. The van der Waals surface area contributed by atoms with Crippen molar-refractivity contribution in [3.05, 3.63) is 47.2 Å². The summed E-state index contributed by atoms with van der Waals surface area (Å²) >= 11 is 0. The number of nitrogens with one attached hydrogen (secondary N) is 2. The van der Waals surface area contributed by atoms with E-state index in [4.69, 9.17) is 4.52 Å². The number of hydrogen-bond donors (Lipinski definition) is 2. The molecular weight excluding hydrogens is 306 g/mol. The lowest BCUT2D eigenvalue weighted by Gasteiger charge is -2.22. The van der Waals surface area contributed by atoms with E-state index < -0.39 is 0 Å². The second-order valence-electron chi connectivity index (χ2n) is 6.17. The van der Waals surface area contributed by atoms with Gasteiger partial charge in [0.05, 0.1) is 0 Å². The van der Waals surface area contributed by atoms with Gasteiger partial charge in [-0.2, -0.15) is 0 Å². The summed E-state index contributed by atoms with van der Waals surface area (Å²) < 4.78 is 4.92. The first kappa shape index (κ1) is 16.2. The van der Waals surface area contributed by atoms with Gasteiger partial charge in [0.25, 0.3) is 11.8 Å². The van der Waals surface area contributed by atoms with Crippen molar-refractivity contribution in [1.82, 2.24) is 10.5 Å². The van der Waals surface area contributed by atoms with Crippen molar-refractivity contribution >= 4 is 17.6 Å². The zero-order valence-electron chi connectivity index (χ0n) is 13.7. The number of anilines is 1. The zero-order valence-corrected chi connectivity index (χ0v) is 13.7. The minimum absolute atomic E-state index is 0.131. The number of aryl methyl sites for hydroxylation is 1. The lowest BCUT2D eigenvalue weighted by atomic mass is 9.95. The molecule has 0 radical (unpaired) electrons. The number of carbonyl (C=O) groups is 2. The third-order valence-corrected chi connectivity index (χ3v) is 4.20. The van der Waals surface area contributed by atoms with Crippen molar-refractivity contribution in [3.63, 3.8) is 0 Å². The molecule has 2 amide bonds. The van der Waals surface area contributed by atoms with Gasteiger partial charge in [0.15, 0.2) is 5.82 Å². The normalized spacial score (nSPS) is 15.0. The molecular formula is C18H21N3O3. The molecule has 1 fully saturated rings. The quantitative estimate of drug-likeness (QED) is 0.902. The van der Waals surface area contributed by atoms with Crippen LogP contribution < -0.4 is 10.6 Å². The van der Waals surface area contributed by atoms with Crippen LogP contribution in [0.15, 0.2) is 34.9 Å². The van der Waals surface area contributed by atoms with Gasteiger partial charge >= 0.3 is 0 Å². The Labute approximate surface area is 140 Å². The lowest BCUT2D eigenvalue weighted by molar-refractivity contribution is 0.0927. The van der Waals surface area contributed by atoms with E-state index in [1.807, 2.05) is 0 Å². The van der Waals surface area contributed by atoms with Crippen molar-refractivity contribution in [1.29, 1.82) is 0 Å². The van der Waals surface area contributed by atoms with Crippen LogP contribution in [0.2, 0.25) is 0 Å². The monoisotopic (exact) mass is 327 g/mol. The fourth-order valence-electron chi connectivity index (χ4n) is 2.93. The van der Waals surface area contributed by atoms with E-state index in [9.17, 15) is 9.59 Å². The van der Waals surface area contributed by atoms with Gasteiger partial charge in [0, 0.05) is 23.2 Å². The van der Waals surface area contributed by atoms with E-state index in [0.29, 0.717) is 22.7 Å². The van der Waals surface area contributed by atoms with E-state index in [0.717, 1.165) is 25.7 Å². The van der Waals surface area contributed by atoms with Gasteiger partial charge in [0.2, 0.25) is 0 Å². The first-order chi connectivity index (χ1) is 11.6. The van der Waals surface area contributed by atoms with E-state index in [2.05, 4.69) is 15.8 Å². The summed E-state index contributed by atoms with van der Waals surface area (Å²) in [4.78, 5) is 24.6. The second-order valence-corrected chi connectivity index (χ2v) is 6.17. The Morgan fingerprint density at radius 2 is 1.79 bits per heavy atom. The van der Waals surface area contributed by atoms with Crippen LogP contribution in [-0.2, 0) is 0 Å². The lowest BCUT2D eigenvalue weighted by Crippen LogP contribution is -2.36. The van der Waals surface area contributed by atoms with Gasteiger partial charge in [-0.25, -0.2) is 0 Å². The maximum atomic E-state index is 12.4. The molecule has 1 aromatic carbocycles. The van der Waals surface area contributed by atoms with Gasteiger partial charge < -0.3 is 15.2 Å². The third-order valence-electron chi connectivity index (χ3n) is 4.20. The van der Waals surface area contributed by atoms with Crippen LogP contribution in [0.25, 0.3) is 0 Å². The Morgan fingerprint density at radius 3 is 2.46 bits per heavy atom. The maximum absolute atomic E-state index is 12.4. The average molecular weight is 327 g/mol. The molecule has 2 N–H and O–H groups in total. The highest BCUT2D eigenvalue weighted by Crippen LogP contribution is 2.18. The van der Waals surface area contributed by atoms with Gasteiger partial charge in [-0.15, -0.1) is 0 Å². The van der Waals surface area contributed by atoms with Crippen LogP contribution in [0.1, 0.15) is 58.6 Å². The highest BCUT2D eigenvalue weighted by atomic mass is 16.5. The van der Waals surface area contributed by atoms with Gasteiger partial charge in [-0.05, 0) is 38.0 Å². The fourth-order valence-corrected chi connectivity index (χ4v) is 2.93. The predicted molar refractivity (Wildman–Crippen MR) is 90.0 cm³/mol. The topological polar surface area (TPSA) is 84.2 Å². The number of amides is 2. The molecule has 2 aromatic rings. The third kappa shape index (κ3) is 4.01. The second kappa shape index (κ2) is 7.29. The minimum Gasteiger partial charge on any atom is -0.360 e. The number of benzene rings is 1. The summed E-state index contributed by atoms with van der Waals surface area (Å²) in [6.07, 6.45) is 5.60. The molecule has 0 aliphatic heterocycles. The van der Waals surface area contributed by atoms with Crippen LogP contribution in [-0.4, -0.2) is 23.0 Å². The Morgan fingerprint density at radius 1 is 1.08 bits per heavy atom. The Hall–Kier alpha value is -2.63. The van der Waals surface area contributed by atoms with Crippen molar-refractivity contribution in [2.45, 2.75) is 45.1 Å². The van der Waals surface area contributed by atoms with Crippen LogP contribution in [0.3, 0.4) is 0 Å². The maximum Gasteiger partial charge on any atom is 0.256 e. The van der Waals surface area contributed by atoms with Gasteiger partial charge in [0.1, 0.15) is 5.76 Å². The number of hydrogen-bond acceptors (Lipinski definition) is 4. The van der Waals surface area contributed by atoms with Crippen LogP contribution in [0.5, 0.6) is 0 Å². The van der Waals surface area contributed by atoms with E-state index in [1.54, 1.807) is 37.3 Å². The largest absolute Gasteiger partial charge is 0.360 e. The smallest absolute Gasteiger partial charge is 0.256 e. The molecule has 0 spiro atoms. The summed E-state index contributed by atoms with van der Waals surface area (Å²) in [5.41, 5.74) is 0.900. The Balaban J connectivity index is 1.66. The van der Waals surface area contributed by atoms with E-state index in [1.165, 1.54) is 6.42 Å². The van der Waals surface area contributed by atoms with Crippen molar-refractivity contribution < 1.29 is 14.1 Å². The molecule has 1 heterocycles. The summed E-state index contributed by atoms with van der Waals surface area (Å²) in [5.74, 6) is 0.518. The molecule has 6 heteroatoms. The predicted octanol–water partition coefficient (Wildman–Crippen LogP) is 3.30. The molecule has 1 aliphatic rings. The number of carbonyl (C=O) groups excluding carboxylic acids is 2. The Kier molecular flexibility index (Phi) is 4.93. The first-order valence-corrected chi connectivity index (χ1v) is 8.27. The summed E-state index contributed by atoms with van der Waals surface area (Å²) in [7, 11) is 0. The molecule has 3 rings (SSSR count).